The van der Waals surface area contributed by atoms with E-state index in [1.165, 1.54) is 12.1 Å². The Hall–Kier alpha value is -2.30. The molecule has 1 fully saturated rings. The summed E-state index contributed by atoms with van der Waals surface area (Å²) in [4.78, 5) is 22.4. The minimum absolute atomic E-state index is 0.150. The third kappa shape index (κ3) is 3.67. The van der Waals surface area contributed by atoms with E-state index in [9.17, 15) is 9.18 Å². The van der Waals surface area contributed by atoms with Crippen LogP contribution in [0.4, 0.5) is 4.39 Å². The number of ketones is 1. The van der Waals surface area contributed by atoms with Crippen molar-refractivity contribution in [3.63, 3.8) is 0 Å². The van der Waals surface area contributed by atoms with E-state index >= 15 is 0 Å². The van der Waals surface area contributed by atoms with Gasteiger partial charge in [-0.25, -0.2) is 14.4 Å². The quantitative estimate of drug-likeness (QED) is 0.890. The zero-order valence-corrected chi connectivity index (χ0v) is 12.3. The molecule has 0 spiro atoms. The van der Waals surface area contributed by atoms with Gasteiger partial charge in [0.25, 0.3) is 0 Å². The Bertz CT molecular complexity index is 662. The number of nitrogens with zero attached hydrogens (tertiary/aromatic N) is 1. The van der Waals surface area contributed by atoms with Crippen LogP contribution in [0, 0.1) is 5.82 Å². The summed E-state index contributed by atoms with van der Waals surface area (Å²) in [5.41, 5.74) is 3.18. The molecule has 1 aromatic heterocycles. The molecular weight excluding hydrogens is 281 g/mol. The molecule has 1 aromatic carbocycles. The summed E-state index contributed by atoms with van der Waals surface area (Å²) >= 11 is 0. The maximum Gasteiger partial charge on any atom is 0.158 e. The average Bonchev–Trinajstić information content (AvgIpc) is 3.01. The van der Waals surface area contributed by atoms with Gasteiger partial charge >= 0.3 is 0 Å². The smallest absolute Gasteiger partial charge is 0.158 e. The van der Waals surface area contributed by atoms with Gasteiger partial charge in [-0.1, -0.05) is 12.1 Å². The monoisotopic (exact) mass is 300 g/mol. The highest BCUT2D eigenvalue weighted by molar-refractivity contribution is 6.02. The number of aromatic nitrogens is 2. The molecule has 5 heteroatoms. The van der Waals surface area contributed by atoms with E-state index in [2.05, 4.69) is 15.0 Å². The predicted octanol–water partition coefficient (Wildman–Crippen LogP) is 1.15. The molecule has 3 rings (SSSR count). The maximum atomic E-state index is 13.0. The van der Waals surface area contributed by atoms with Crippen LogP contribution in [-0.2, 0) is 11.2 Å². The summed E-state index contributed by atoms with van der Waals surface area (Å²) in [7, 11) is 0. The number of hydrogen-bond donors (Lipinski definition) is 2. The van der Waals surface area contributed by atoms with E-state index in [1.807, 2.05) is 0 Å². The van der Waals surface area contributed by atoms with Crippen LogP contribution in [0.3, 0.4) is 0 Å². The van der Waals surface area contributed by atoms with E-state index in [0.717, 1.165) is 36.4 Å². The minimum Gasteiger partial charge on any atom is -0.348 e. The molecule has 1 saturated carbocycles. The average molecular weight is 300 g/mol. The number of H-pyrrole nitrogens is 1. The first kappa shape index (κ1) is 14.6. The van der Waals surface area contributed by atoms with Crippen LogP contribution in [0.15, 0.2) is 36.8 Å². The first-order valence-electron chi connectivity index (χ1n) is 7.53. The second-order valence-electron chi connectivity index (χ2n) is 5.73. The molecule has 1 aliphatic rings. The number of aromatic amines is 1. The van der Waals surface area contributed by atoms with Crippen LogP contribution < -0.4 is 4.99 Å². The van der Waals surface area contributed by atoms with Crippen molar-refractivity contribution in [2.45, 2.75) is 31.6 Å². The molecule has 4 nitrogen and oxygen atoms in total. The van der Waals surface area contributed by atoms with Crippen LogP contribution in [0.5, 0.6) is 0 Å². The molecule has 0 unspecified atom stereocenters. The van der Waals surface area contributed by atoms with Crippen LogP contribution >= 0.6 is 0 Å². The van der Waals surface area contributed by atoms with Crippen LogP contribution in [0.25, 0.3) is 0 Å². The lowest BCUT2D eigenvalue weighted by molar-refractivity contribution is -0.459. The van der Waals surface area contributed by atoms with Gasteiger partial charge in [-0.05, 0) is 17.7 Å². The number of Topliss-reactive ketones (excluding diaryl/α,β-unsaturated/α-hetero) is 1. The Balaban J connectivity index is 1.65. The third-order valence-electron chi connectivity index (χ3n) is 4.04. The zero-order valence-electron chi connectivity index (χ0n) is 12.3. The van der Waals surface area contributed by atoms with Crippen LogP contribution in [-0.4, -0.2) is 28.0 Å². The van der Waals surface area contributed by atoms with Crippen LogP contribution in [0.2, 0.25) is 0 Å². The van der Waals surface area contributed by atoms with E-state index < -0.39 is 0 Å². The fourth-order valence-electron chi connectivity index (χ4n) is 2.93. The number of carbonyl (C=O) groups excluding carboxylic acids is 1. The molecule has 2 aromatic rings. The summed E-state index contributed by atoms with van der Waals surface area (Å²) in [5.74, 6) is 0.147. The Kier molecular flexibility index (Phi) is 4.42. The number of rotatable bonds is 4. The zero-order chi connectivity index (χ0) is 15.4. The van der Waals surface area contributed by atoms with Gasteiger partial charge in [0.2, 0.25) is 0 Å². The maximum absolute atomic E-state index is 13.0. The highest BCUT2D eigenvalue weighted by Crippen LogP contribution is 2.28. The first-order chi connectivity index (χ1) is 10.7. The van der Waals surface area contributed by atoms with Gasteiger partial charge in [-0.15, -0.1) is 0 Å². The lowest BCUT2D eigenvalue weighted by Crippen LogP contribution is -2.74. The molecule has 22 heavy (non-hydrogen) atoms. The Morgan fingerprint density at radius 3 is 2.82 bits per heavy atom. The van der Waals surface area contributed by atoms with E-state index in [0.29, 0.717) is 12.8 Å². The van der Waals surface area contributed by atoms with Gasteiger partial charge < -0.3 is 4.98 Å². The van der Waals surface area contributed by atoms with Gasteiger partial charge in [0, 0.05) is 37.1 Å². The van der Waals surface area contributed by atoms with Gasteiger partial charge in [-0.2, -0.15) is 0 Å². The predicted molar refractivity (Wildman–Crippen MR) is 81.1 cm³/mol. The molecular formula is C17H19FN3O+. The molecule has 0 bridgehead atoms. The number of imidazole rings is 1. The fraction of sp³-hybridized carbons (Fsp3) is 0.353. The van der Waals surface area contributed by atoms with Crippen LogP contribution in [0.1, 0.15) is 36.4 Å². The molecule has 114 valence electrons. The number of benzene rings is 1. The van der Waals surface area contributed by atoms with Gasteiger partial charge in [0.05, 0.1) is 12.7 Å². The molecule has 0 amide bonds. The van der Waals surface area contributed by atoms with Crippen molar-refractivity contribution >= 4 is 11.5 Å². The lowest BCUT2D eigenvalue weighted by atomic mass is 9.82. The number of nitrogens with one attached hydrogen (secondary N) is 2. The largest absolute Gasteiger partial charge is 0.348 e. The standard InChI is InChI=1S/C17H18FN3O/c18-14-3-1-12(2-4-14)13-7-16(9-17(22)8-13)20-6-5-15-10-19-11-21-15/h1-4,10-11,13H,5-9H2,(H,19,21)/p+1/t13-/m0/s1. The number of halogens is 1. The second-order valence-corrected chi connectivity index (χ2v) is 5.73. The topological polar surface area (TPSA) is 59.7 Å². The molecule has 1 aliphatic carbocycles. The van der Waals surface area contributed by atoms with E-state index in [-0.39, 0.29) is 17.5 Å². The molecule has 0 saturated heterocycles. The number of hydrogen-bond acceptors (Lipinski definition) is 2. The van der Waals surface area contributed by atoms with Crippen molar-refractivity contribution in [3.8, 4) is 0 Å². The Labute approximate surface area is 128 Å². The summed E-state index contributed by atoms with van der Waals surface area (Å²) in [5, 5.41) is 0. The van der Waals surface area contributed by atoms with E-state index in [4.69, 9.17) is 0 Å². The normalized spacial score (nSPS) is 20.5. The highest BCUT2D eigenvalue weighted by atomic mass is 19.1. The van der Waals surface area contributed by atoms with Gasteiger partial charge in [-0.3, -0.25) is 4.79 Å². The molecule has 2 N–H and O–H groups in total. The number of carbonyl (C=O) groups is 1. The fourth-order valence-corrected chi connectivity index (χ4v) is 2.93. The van der Waals surface area contributed by atoms with Gasteiger partial charge in [0.15, 0.2) is 5.71 Å². The molecule has 1 heterocycles. The minimum atomic E-state index is -0.243. The third-order valence-corrected chi connectivity index (χ3v) is 4.04. The lowest BCUT2D eigenvalue weighted by Gasteiger charge is -2.20. The van der Waals surface area contributed by atoms with E-state index in [1.54, 1.807) is 24.7 Å². The van der Waals surface area contributed by atoms with Crippen molar-refractivity contribution in [3.05, 3.63) is 53.9 Å². The summed E-state index contributed by atoms with van der Waals surface area (Å²) in [6, 6.07) is 6.47. The van der Waals surface area contributed by atoms with Gasteiger partial charge in [0.1, 0.15) is 18.1 Å². The molecule has 1 atom stereocenters. The second kappa shape index (κ2) is 6.64. The van der Waals surface area contributed by atoms with Crippen molar-refractivity contribution in [1.29, 1.82) is 0 Å². The molecule has 0 aliphatic heterocycles. The Morgan fingerprint density at radius 2 is 2.09 bits per heavy atom. The highest BCUT2D eigenvalue weighted by Gasteiger charge is 2.28. The van der Waals surface area contributed by atoms with Crippen molar-refractivity contribution in [1.82, 2.24) is 9.97 Å². The SMILES string of the molecule is O=C1CC(=[NH+]CCc2cnc[nH]2)C[C@H](c2ccc(F)cc2)C1. The summed E-state index contributed by atoms with van der Waals surface area (Å²) < 4.78 is 13.0. The van der Waals surface area contributed by atoms with Crippen molar-refractivity contribution in [2.24, 2.45) is 0 Å². The van der Waals surface area contributed by atoms with Crippen molar-refractivity contribution in [2.75, 3.05) is 6.54 Å². The summed E-state index contributed by atoms with van der Waals surface area (Å²) in [6.07, 6.45) is 6.19. The first-order valence-corrected chi connectivity index (χ1v) is 7.53. The Morgan fingerprint density at radius 1 is 1.27 bits per heavy atom. The summed E-state index contributed by atoms with van der Waals surface area (Å²) in [6.45, 7) is 0.779. The molecule has 0 radical (unpaired) electrons. The van der Waals surface area contributed by atoms with Crippen molar-refractivity contribution < 1.29 is 14.2 Å².